The summed E-state index contributed by atoms with van der Waals surface area (Å²) >= 11 is 0. The normalized spacial score (nSPS) is 12.5. The molecule has 1 aromatic carbocycles. The number of benzene rings is 1. The lowest BCUT2D eigenvalue weighted by atomic mass is 10.1. The zero-order chi connectivity index (χ0) is 14.4. The van der Waals surface area contributed by atoms with Crippen LogP contribution in [0.25, 0.3) is 0 Å². The van der Waals surface area contributed by atoms with Crippen LogP contribution in [-0.2, 0) is 0 Å². The Kier molecular flexibility index (Phi) is 6.03. The molecule has 1 rings (SSSR count). The van der Waals surface area contributed by atoms with Crippen LogP contribution in [0.5, 0.6) is 0 Å². The lowest BCUT2D eigenvalue weighted by molar-refractivity contribution is 0.0938. The summed E-state index contributed by atoms with van der Waals surface area (Å²) in [5.74, 6) is 0.0158. The van der Waals surface area contributed by atoms with Crippen molar-refractivity contribution in [2.75, 3.05) is 19.6 Å². The predicted molar refractivity (Wildman–Crippen MR) is 80.6 cm³/mol. The summed E-state index contributed by atoms with van der Waals surface area (Å²) in [5, 5.41) is 3.01. The van der Waals surface area contributed by atoms with Crippen molar-refractivity contribution in [3.63, 3.8) is 0 Å². The summed E-state index contributed by atoms with van der Waals surface area (Å²) in [6.45, 7) is 13.2. The van der Waals surface area contributed by atoms with Crippen LogP contribution in [0.3, 0.4) is 0 Å². The van der Waals surface area contributed by atoms with Crippen molar-refractivity contribution in [1.29, 1.82) is 0 Å². The smallest absolute Gasteiger partial charge is 0.251 e. The van der Waals surface area contributed by atoms with E-state index in [1.807, 2.05) is 25.1 Å². The van der Waals surface area contributed by atoms with Crippen molar-refractivity contribution in [2.24, 2.45) is 0 Å². The van der Waals surface area contributed by atoms with E-state index in [-0.39, 0.29) is 5.91 Å². The van der Waals surface area contributed by atoms with Crippen molar-refractivity contribution in [3.8, 4) is 0 Å². The van der Waals surface area contributed by atoms with Crippen LogP contribution >= 0.6 is 0 Å². The van der Waals surface area contributed by atoms with Crippen LogP contribution in [0.2, 0.25) is 0 Å². The van der Waals surface area contributed by atoms with Crippen LogP contribution in [0.4, 0.5) is 0 Å². The van der Waals surface area contributed by atoms with Gasteiger partial charge in [0.1, 0.15) is 0 Å². The molecule has 1 unspecified atom stereocenters. The quantitative estimate of drug-likeness (QED) is 0.855. The van der Waals surface area contributed by atoms with Gasteiger partial charge in [-0.15, -0.1) is 0 Å². The second-order valence-corrected chi connectivity index (χ2v) is 5.08. The molecule has 0 spiro atoms. The van der Waals surface area contributed by atoms with E-state index in [2.05, 4.69) is 37.9 Å². The van der Waals surface area contributed by atoms with Crippen LogP contribution < -0.4 is 5.32 Å². The van der Waals surface area contributed by atoms with Gasteiger partial charge in [-0.25, -0.2) is 0 Å². The standard InChI is InChI=1S/C16H26N2O/c1-6-18(7-2)14(5)11-17-16(19)15-9-8-12(3)13(4)10-15/h8-10,14H,6-7,11H2,1-5H3,(H,17,19). The number of aryl methyl sites for hydroxylation is 2. The average molecular weight is 262 g/mol. The molecule has 0 saturated carbocycles. The van der Waals surface area contributed by atoms with E-state index in [1.54, 1.807) is 0 Å². The molecule has 0 aliphatic rings. The SMILES string of the molecule is CCN(CC)C(C)CNC(=O)c1ccc(C)c(C)c1. The van der Waals surface area contributed by atoms with Crippen molar-refractivity contribution in [2.45, 2.75) is 40.7 Å². The maximum Gasteiger partial charge on any atom is 0.251 e. The summed E-state index contributed by atoms with van der Waals surface area (Å²) in [6.07, 6.45) is 0. The average Bonchev–Trinajstić information content (AvgIpc) is 2.40. The Labute approximate surface area is 117 Å². The minimum Gasteiger partial charge on any atom is -0.350 e. The molecular formula is C16H26N2O. The Morgan fingerprint density at radius 3 is 2.37 bits per heavy atom. The molecule has 0 heterocycles. The predicted octanol–water partition coefficient (Wildman–Crippen LogP) is 2.76. The highest BCUT2D eigenvalue weighted by Crippen LogP contribution is 2.09. The number of hydrogen-bond donors (Lipinski definition) is 1. The van der Waals surface area contributed by atoms with E-state index in [1.165, 1.54) is 5.56 Å². The number of likely N-dealkylation sites (N-methyl/N-ethyl adjacent to an activating group) is 1. The van der Waals surface area contributed by atoms with Gasteiger partial charge in [-0.1, -0.05) is 19.9 Å². The number of nitrogens with one attached hydrogen (secondary N) is 1. The zero-order valence-electron chi connectivity index (χ0n) is 12.8. The van der Waals surface area contributed by atoms with Gasteiger partial charge in [0.15, 0.2) is 0 Å². The largest absolute Gasteiger partial charge is 0.350 e. The van der Waals surface area contributed by atoms with Gasteiger partial charge in [0, 0.05) is 18.2 Å². The third-order valence-electron chi connectivity index (χ3n) is 3.76. The fourth-order valence-electron chi connectivity index (χ4n) is 2.20. The van der Waals surface area contributed by atoms with Crippen LogP contribution in [-0.4, -0.2) is 36.5 Å². The second kappa shape index (κ2) is 7.29. The van der Waals surface area contributed by atoms with Gasteiger partial charge in [-0.3, -0.25) is 9.69 Å². The molecule has 0 bridgehead atoms. The monoisotopic (exact) mass is 262 g/mol. The number of amides is 1. The Morgan fingerprint density at radius 2 is 1.84 bits per heavy atom. The van der Waals surface area contributed by atoms with Crippen molar-refractivity contribution in [1.82, 2.24) is 10.2 Å². The van der Waals surface area contributed by atoms with Crippen LogP contribution in [0.15, 0.2) is 18.2 Å². The van der Waals surface area contributed by atoms with Crippen molar-refractivity contribution < 1.29 is 4.79 Å². The first-order chi connectivity index (χ1) is 8.99. The van der Waals surface area contributed by atoms with E-state index in [9.17, 15) is 4.79 Å². The molecule has 1 amide bonds. The van der Waals surface area contributed by atoms with Gasteiger partial charge in [0.2, 0.25) is 0 Å². The van der Waals surface area contributed by atoms with Gasteiger partial charge in [0.05, 0.1) is 0 Å². The van der Waals surface area contributed by atoms with Gasteiger partial charge in [-0.2, -0.15) is 0 Å². The zero-order valence-corrected chi connectivity index (χ0v) is 12.8. The Balaban J connectivity index is 2.58. The molecule has 3 heteroatoms. The number of hydrogen-bond acceptors (Lipinski definition) is 2. The second-order valence-electron chi connectivity index (χ2n) is 5.08. The van der Waals surface area contributed by atoms with Gasteiger partial charge in [0.25, 0.3) is 5.91 Å². The maximum atomic E-state index is 12.1. The molecule has 0 aromatic heterocycles. The highest BCUT2D eigenvalue weighted by atomic mass is 16.1. The lowest BCUT2D eigenvalue weighted by Crippen LogP contribution is -2.42. The van der Waals surface area contributed by atoms with Gasteiger partial charge >= 0.3 is 0 Å². The molecule has 1 N–H and O–H groups in total. The molecule has 19 heavy (non-hydrogen) atoms. The molecule has 0 fully saturated rings. The molecule has 0 radical (unpaired) electrons. The van der Waals surface area contributed by atoms with Crippen LogP contribution in [0, 0.1) is 13.8 Å². The van der Waals surface area contributed by atoms with Crippen LogP contribution in [0.1, 0.15) is 42.3 Å². The topological polar surface area (TPSA) is 32.3 Å². The van der Waals surface area contributed by atoms with E-state index >= 15 is 0 Å². The third kappa shape index (κ3) is 4.35. The first-order valence-corrected chi connectivity index (χ1v) is 7.09. The first-order valence-electron chi connectivity index (χ1n) is 7.09. The molecule has 1 atom stereocenters. The number of carbonyl (C=O) groups excluding carboxylic acids is 1. The van der Waals surface area contributed by atoms with Crippen molar-refractivity contribution in [3.05, 3.63) is 34.9 Å². The minimum atomic E-state index is 0.0158. The summed E-state index contributed by atoms with van der Waals surface area (Å²) in [5.41, 5.74) is 3.12. The Hall–Kier alpha value is -1.35. The van der Waals surface area contributed by atoms with Gasteiger partial charge < -0.3 is 5.32 Å². The molecule has 106 valence electrons. The first kappa shape index (κ1) is 15.7. The summed E-state index contributed by atoms with van der Waals surface area (Å²) in [6, 6.07) is 6.20. The van der Waals surface area contributed by atoms with E-state index in [0.29, 0.717) is 12.6 Å². The summed E-state index contributed by atoms with van der Waals surface area (Å²) < 4.78 is 0. The van der Waals surface area contributed by atoms with Crippen molar-refractivity contribution >= 4 is 5.91 Å². The fourth-order valence-corrected chi connectivity index (χ4v) is 2.20. The summed E-state index contributed by atoms with van der Waals surface area (Å²) in [4.78, 5) is 14.4. The van der Waals surface area contributed by atoms with E-state index in [0.717, 1.165) is 24.2 Å². The Bertz CT molecular complexity index is 425. The molecule has 1 aromatic rings. The lowest BCUT2D eigenvalue weighted by Gasteiger charge is -2.26. The third-order valence-corrected chi connectivity index (χ3v) is 3.76. The number of nitrogens with zero attached hydrogens (tertiary/aromatic N) is 1. The molecule has 3 nitrogen and oxygen atoms in total. The highest BCUT2D eigenvalue weighted by Gasteiger charge is 2.12. The number of carbonyl (C=O) groups is 1. The maximum absolute atomic E-state index is 12.1. The summed E-state index contributed by atoms with van der Waals surface area (Å²) in [7, 11) is 0. The fraction of sp³-hybridized carbons (Fsp3) is 0.562. The molecule has 0 aliphatic heterocycles. The molecular weight excluding hydrogens is 236 g/mol. The van der Waals surface area contributed by atoms with E-state index in [4.69, 9.17) is 0 Å². The minimum absolute atomic E-state index is 0.0158. The number of rotatable bonds is 6. The molecule has 0 aliphatic carbocycles. The highest BCUT2D eigenvalue weighted by molar-refractivity contribution is 5.94. The van der Waals surface area contributed by atoms with Gasteiger partial charge in [-0.05, 0) is 57.1 Å². The Morgan fingerprint density at radius 1 is 1.21 bits per heavy atom. The van der Waals surface area contributed by atoms with E-state index < -0.39 is 0 Å². The molecule has 0 saturated heterocycles.